The number of hydrogen-bond acceptors (Lipinski definition) is 5. The van der Waals surface area contributed by atoms with Crippen LogP contribution in [0, 0.1) is 0 Å². The molecule has 0 aliphatic carbocycles. The molecule has 0 fully saturated rings. The first kappa shape index (κ1) is 38.8. The monoisotopic (exact) mass is 639 g/mol. The third-order valence-corrected chi connectivity index (χ3v) is 9.02. The summed E-state index contributed by atoms with van der Waals surface area (Å²) in [6.45, 7) is 4.91. The van der Waals surface area contributed by atoms with E-state index in [0.717, 1.165) is 49.7 Å². The van der Waals surface area contributed by atoms with Crippen molar-refractivity contribution in [1.29, 1.82) is 0 Å². The van der Waals surface area contributed by atoms with Gasteiger partial charge in [-0.2, -0.15) is 0 Å². The largest absolute Gasteiger partial charge is 0.811 e. The number of rotatable bonds is 26. The lowest BCUT2D eigenvalue weighted by Gasteiger charge is -2.34. The van der Waals surface area contributed by atoms with Crippen molar-refractivity contribution >= 4 is 13.5 Å². The summed E-state index contributed by atoms with van der Waals surface area (Å²) in [4.78, 5) is 35.7. The molecule has 0 spiro atoms. The molecular weight excluding hydrogens is 581 g/mol. The molecule has 0 aliphatic heterocycles. The van der Waals surface area contributed by atoms with Crippen molar-refractivity contribution < 1.29 is 23.9 Å². The number of nitrogens with one attached hydrogen (secondary N) is 1. The minimum absolute atomic E-state index is 0.202. The Morgan fingerprint density at radius 3 is 1.89 bits per heavy atom. The van der Waals surface area contributed by atoms with E-state index in [2.05, 4.69) is 55.6 Å². The summed E-state index contributed by atoms with van der Waals surface area (Å²) >= 11 is 0. The van der Waals surface area contributed by atoms with Crippen LogP contribution in [0.1, 0.15) is 133 Å². The lowest BCUT2D eigenvalue weighted by Crippen LogP contribution is -2.41. The lowest BCUT2D eigenvalue weighted by molar-refractivity contribution is -0.313. The van der Waals surface area contributed by atoms with Crippen molar-refractivity contribution in [3.8, 4) is 5.75 Å². The highest BCUT2D eigenvalue weighted by atomic mass is 31.2. The van der Waals surface area contributed by atoms with Crippen LogP contribution in [0.25, 0.3) is 0 Å². The number of benzene rings is 2. The molecule has 7 heteroatoms. The maximum absolute atomic E-state index is 12.6. The maximum atomic E-state index is 12.6. The molecule has 1 amide bonds. The highest BCUT2D eigenvalue weighted by Gasteiger charge is 2.15. The van der Waals surface area contributed by atoms with Gasteiger partial charge in [0.05, 0.1) is 0 Å². The summed E-state index contributed by atoms with van der Waals surface area (Å²) in [6.07, 6.45) is 23.4. The van der Waals surface area contributed by atoms with E-state index in [9.17, 15) is 19.1 Å². The second kappa shape index (κ2) is 23.9. The number of carbonyl (C=O) groups is 1. The van der Waals surface area contributed by atoms with Gasteiger partial charge < -0.3 is 24.4 Å². The van der Waals surface area contributed by atoms with Crippen LogP contribution in [-0.2, 0) is 28.8 Å². The van der Waals surface area contributed by atoms with Gasteiger partial charge in [-0.25, -0.2) is 0 Å². The molecule has 0 aromatic heterocycles. The molecule has 252 valence electrons. The summed E-state index contributed by atoms with van der Waals surface area (Å²) in [7, 11) is -4.79. The molecule has 2 aromatic rings. The van der Waals surface area contributed by atoms with E-state index < -0.39 is 19.8 Å². The molecule has 0 aliphatic rings. The van der Waals surface area contributed by atoms with Crippen molar-refractivity contribution in [2.24, 2.45) is 0 Å². The van der Waals surface area contributed by atoms with E-state index in [-0.39, 0.29) is 12.3 Å². The second-order valence-electron chi connectivity index (χ2n) is 12.4. The average Bonchev–Trinajstić information content (AvgIpc) is 3.01. The Bertz CT molecular complexity index is 1110. The van der Waals surface area contributed by atoms with Gasteiger partial charge in [0, 0.05) is 12.5 Å². The number of amides is 1. The topological polar surface area (TPSA) is 102 Å². The molecule has 0 heterocycles. The quantitative estimate of drug-likeness (QED) is 0.0631. The third kappa shape index (κ3) is 20.4. The Morgan fingerprint density at radius 2 is 1.27 bits per heavy atom. The van der Waals surface area contributed by atoms with Crippen molar-refractivity contribution in [3.05, 3.63) is 77.4 Å². The summed E-state index contributed by atoms with van der Waals surface area (Å²) < 4.78 is 17.5. The molecule has 0 radical (unpaired) electrons. The zero-order valence-electron chi connectivity index (χ0n) is 28.0. The molecule has 0 unspecified atom stereocenters. The Morgan fingerprint density at radius 1 is 0.733 bits per heavy atom. The summed E-state index contributed by atoms with van der Waals surface area (Å²) in [6, 6.07) is 15.2. The van der Waals surface area contributed by atoms with E-state index in [4.69, 9.17) is 4.74 Å². The number of unbranched alkanes of at least 4 members (excludes halogenated alkanes) is 12. The number of ether oxygens (including phenoxy) is 1. The van der Waals surface area contributed by atoms with Crippen LogP contribution in [0.2, 0.25) is 0 Å². The SMILES string of the molecule is CCCCCCC/C=C\CCCCCCCC(=O)N[C@H](Cc1ccc(OCc2ccc(CCCCC)cc2)cc1)CP(=O)([O-])[O-]. The fraction of sp³-hybridized carbons (Fsp3) is 0.605. The smallest absolute Gasteiger partial charge is 0.220 e. The molecule has 2 rings (SSSR count). The molecule has 0 saturated carbocycles. The van der Waals surface area contributed by atoms with Gasteiger partial charge in [-0.15, -0.1) is 0 Å². The summed E-state index contributed by atoms with van der Waals surface area (Å²) in [5, 5.41) is 2.80. The molecule has 0 bridgehead atoms. The van der Waals surface area contributed by atoms with Crippen molar-refractivity contribution in [1.82, 2.24) is 5.32 Å². The minimum atomic E-state index is -4.79. The first-order valence-corrected chi connectivity index (χ1v) is 19.3. The highest BCUT2D eigenvalue weighted by Crippen LogP contribution is 2.26. The molecule has 0 saturated heterocycles. The van der Waals surface area contributed by atoms with E-state index >= 15 is 0 Å². The van der Waals surface area contributed by atoms with Crippen LogP contribution in [0.4, 0.5) is 0 Å². The molecule has 6 nitrogen and oxygen atoms in total. The first-order chi connectivity index (χ1) is 21.8. The Hall–Kier alpha value is -2.40. The number of hydrogen-bond donors (Lipinski definition) is 1. The van der Waals surface area contributed by atoms with Crippen LogP contribution in [-0.4, -0.2) is 18.1 Å². The number of allylic oxidation sites excluding steroid dienone is 2. The van der Waals surface area contributed by atoms with Crippen LogP contribution >= 0.6 is 7.60 Å². The molecule has 2 aromatic carbocycles. The lowest BCUT2D eigenvalue weighted by atomic mass is 10.1. The number of aryl methyl sites for hydroxylation is 1. The van der Waals surface area contributed by atoms with Crippen LogP contribution < -0.4 is 19.8 Å². The van der Waals surface area contributed by atoms with E-state index in [1.54, 1.807) is 0 Å². The maximum Gasteiger partial charge on any atom is 0.220 e. The zero-order valence-corrected chi connectivity index (χ0v) is 28.9. The Kier molecular flexibility index (Phi) is 20.6. The molecule has 1 atom stereocenters. The van der Waals surface area contributed by atoms with Gasteiger partial charge in [0.25, 0.3) is 0 Å². The van der Waals surface area contributed by atoms with Crippen LogP contribution in [0.5, 0.6) is 5.75 Å². The molecule has 45 heavy (non-hydrogen) atoms. The summed E-state index contributed by atoms with van der Waals surface area (Å²) in [5.41, 5.74) is 3.28. The molecular formula is C38H58NO5P-2. The van der Waals surface area contributed by atoms with Gasteiger partial charge >= 0.3 is 0 Å². The second-order valence-corrected chi connectivity index (χ2v) is 14.0. The van der Waals surface area contributed by atoms with Gasteiger partial charge in [0.15, 0.2) is 0 Å². The van der Waals surface area contributed by atoms with E-state index in [1.165, 1.54) is 69.8 Å². The molecule has 1 N–H and O–H groups in total. The number of carbonyl (C=O) groups excluding carboxylic acids is 1. The standard InChI is InChI=1S/C38H60NO5P/c1-3-5-7-8-9-10-11-12-13-14-15-16-17-19-21-38(40)39-36(32-45(41,42)43)30-34-26-28-37(29-27-34)44-31-35-24-22-33(23-25-35)20-18-6-4-2/h11-12,22-29,36H,3-10,13-21,30-32H2,1-2H3,(H,39,40)(H2,41,42,43)/p-2/b12-11-/t36-/m1/s1. The van der Waals surface area contributed by atoms with Gasteiger partial charge in [-0.3, -0.25) is 4.79 Å². The normalized spacial score (nSPS) is 12.4. The van der Waals surface area contributed by atoms with Crippen molar-refractivity contribution in [2.75, 3.05) is 6.16 Å². The van der Waals surface area contributed by atoms with Gasteiger partial charge in [-0.05, 0) is 86.4 Å². The highest BCUT2D eigenvalue weighted by molar-refractivity contribution is 7.48. The van der Waals surface area contributed by atoms with Crippen molar-refractivity contribution in [3.63, 3.8) is 0 Å². The van der Waals surface area contributed by atoms with E-state index in [0.29, 0.717) is 18.8 Å². The predicted octanol–water partition coefficient (Wildman–Crippen LogP) is 8.59. The van der Waals surface area contributed by atoms with Crippen molar-refractivity contribution in [2.45, 2.75) is 142 Å². The first-order valence-electron chi connectivity index (χ1n) is 17.5. The van der Waals surface area contributed by atoms with Crippen LogP contribution in [0.3, 0.4) is 0 Å². The van der Waals surface area contributed by atoms with Gasteiger partial charge in [0.2, 0.25) is 5.91 Å². The fourth-order valence-corrected chi connectivity index (χ4v) is 6.22. The fourth-order valence-electron chi connectivity index (χ4n) is 5.46. The Labute approximate surface area is 273 Å². The zero-order chi connectivity index (χ0) is 32.6. The Balaban J connectivity index is 1.67. The summed E-state index contributed by atoms with van der Waals surface area (Å²) in [5.74, 6) is 0.505. The predicted molar refractivity (Wildman–Crippen MR) is 183 cm³/mol. The van der Waals surface area contributed by atoms with Crippen LogP contribution in [0.15, 0.2) is 60.7 Å². The van der Waals surface area contributed by atoms with E-state index in [1.807, 2.05) is 24.3 Å². The van der Waals surface area contributed by atoms with Gasteiger partial charge in [-0.1, -0.05) is 128 Å². The minimum Gasteiger partial charge on any atom is -0.811 e. The third-order valence-electron chi connectivity index (χ3n) is 8.13. The average molecular weight is 640 g/mol. The van der Waals surface area contributed by atoms with Gasteiger partial charge in [0.1, 0.15) is 12.4 Å².